The number of sulfone groups is 1. The van der Waals surface area contributed by atoms with E-state index in [0.29, 0.717) is 5.56 Å². The summed E-state index contributed by atoms with van der Waals surface area (Å²) in [6.07, 6.45) is 2.99. The SMILES string of the molecule is O=C(NCC(c1cccnc1)S(=O)(=O)c1ccccc1)c1ccc(=O)[nH]n1. The molecule has 2 aromatic heterocycles. The molecule has 3 rings (SSSR count). The lowest BCUT2D eigenvalue weighted by Crippen LogP contribution is -2.33. The molecule has 138 valence electrons. The normalized spacial score (nSPS) is 12.3. The molecule has 1 aromatic carbocycles. The lowest BCUT2D eigenvalue weighted by molar-refractivity contribution is 0.0947. The van der Waals surface area contributed by atoms with Gasteiger partial charge in [0.05, 0.1) is 4.90 Å². The second-order valence-electron chi connectivity index (χ2n) is 5.65. The Balaban J connectivity index is 1.88. The number of hydrogen-bond donors (Lipinski definition) is 2. The highest BCUT2D eigenvalue weighted by Crippen LogP contribution is 2.27. The third kappa shape index (κ3) is 4.26. The van der Waals surface area contributed by atoms with E-state index in [1.54, 1.807) is 36.5 Å². The van der Waals surface area contributed by atoms with Gasteiger partial charge in [0, 0.05) is 25.0 Å². The first-order chi connectivity index (χ1) is 13.0. The van der Waals surface area contributed by atoms with Crippen LogP contribution in [-0.4, -0.2) is 36.1 Å². The molecule has 3 aromatic rings. The van der Waals surface area contributed by atoms with Gasteiger partial charge in [0.2, 0.25) is 0 Å². The van der Waals surface area contributed by atoms with Crippen molar-refractivity contribution in [3.05, 3.63) is 88.6 Å². The van der Waals surface area contributed by atoms with Crippen LogP contribution in [0.25, 0.3) is 0 Å². The monoisotopic (exact) mass is 384 g/mol. The van der Waals surface area contributed by atoms with Crippen LogP contribution in [0, 0.1) is 0 Å². The fraction of sp³-hybridized carbons (Fsp3) is 0.111. The van der Waals surface area contributed by atoms with Gasteiger partial charge in [0.15, 0.2) is 9.84 Å². The maximum atomic E-state index is 13.1. The average Bonchev–Trinajstić information content (AvgIpc) is 2.70. The highest BCUT2D eigenvalue weighted by molar-refractivity contribution is 7.91. The van der Waals surface area contributed by atoms with Gasteiger partial charge in [-0.1, -0.05) is 24.3 Å². The molecule has 0 saturated heterocycles. The largest absolute Gasteiger partial charge is 0.349 e. The van der Waals surface area contributed by atoms with Crippen LogP contribution in [0.3, 0.4) is 0 Å². The molecule has 0 aliphatic rings. The van der Waals surface area contributed by atoms with Crippen LogP contribution in [-0.2, 0) is 9.84 Å². The maximum absolute atomic E-state index is 13.1. The molecule has 0 saturated carbocycles. The van der Waals surface area contributed by atoms with Crippen molar-refractivity contribution in [2.24, 2.45) is 0 Å². The minimum absolute atomic E-state index is 0.0170. The second kappa shape index (κ2) is 7.92. The van der Waals surface area contributed by atoms with E-state index >= 15 is 0 Å². The van der Waals surface area contributed by atoms with E-state index in [1.807, 2.05) is 0 Å². The molecule has 2 N–H and O–H groups in total. The van der Waals surface area contributed by atoms with Gasteiger partial charge in [0.25, 0.3) is 11.5 Å². The van der Waals surface area contributed by atoms with Crippen LogP contribution in [0.2, 0.25) is 0 Å². The van der Waals surface area contributed by atoms with Gasteiger partial charge in [-0.15, -0.1) is 0 Å². The number of nitrogens with zero attached hydrogens (tertiary/aromatic N) is 2. The molecule has 0 bridgehead atoms. The smallest absolute Gasteiger partial charge is 0.271 e. The number of carbonyl (C=O) groups is 1. The summed E-state index contributed by atoms with van der Waals surface area (Å²) < 4.78 is 26.2. The molecule has 1 amide bonds. The van der Waals surface area contributed by atoms with Crippen molar-refractivity contribution in [2.45, 2.75) is 10.1 Å². The number of pyridine rings is 1. The van der Waals surface area contributed by atoms with Gasteiger partial charge < -0.3 is 5.32 Å². The number of H-pyrrole nitrogens is 1. The molecule has 1 unspecified atom stereocenters. The zero-order valence-corrected chi connectivity index (χ0v) is 14.9. The Morgan fingerprint density at radius 1 is 1.07 bits per heavy atom. The topological polar surface area (TPSA) is 122 Å². The molecule has 0 fully saturated rings. The first-order valence-electron chi connectivity index (χ1n) is 8.01. The van der Waals surface area contributed by atoms with Crippen LogP contribution in [0.5, 0.6) is 0 Å². The molecule has 2 heterocycles. The molecular formula is C18H16N4O4S. The predicted molar refractivity (Wildman–Crippen MR) is 97.8 cm³/mol. The minimum Gasteiger partial charge on any atom is -0.349 e. The van der Waals surface area contributed by atoms with Crippen molar-refractivity contribution in [1.82, 2.24) is 20.5 Å². The zero-order valence-electron chi connectivity index (χ0n) is 14.1. The van der Waals surface area contributed by atoms with E-state index in [1.165, 1.54) is 30.5 Å². The summed E-state index contributed by atoms with van der Waals surface area (Å²) in [6, 6.07) is 13.7. The number of nitrogens with one attached hydrogen (secondary N) is 2. The van der Waals surface area contributed by atoms with Crippen molar-refractivity contribution in [1.29, 1.82) is 0 Å². The number of carbonyl (C=O) groups excluding carboxylic acids is 1. The summed E-state index contributed by atoms with van der Waals surface area (Å²) in [5.74, 6) is -0.594. The average molecular weight is 384 g/mol. The highest BCUT2D eigenvalue weighted by Gasteiger charge is 2.30. The molecule has 9 heteroatoms. The third-order valence-electron chi connectivity index (χ3n) is 3.86. The third-order valence-corrected chi connectivity index (χ3v) is 5.98. The number of rotatable bonds is 6. The van der Waals surface area contributed by atoms with Gasteiger partial charge in [-0.3, -0.25) is 14.6 Å². The number of aromatic amines is 1. The number of benzene rings is 1. The summed E-state index contributed by atoms with van der Waals surface area (Å²) in [5.41, 5.74) is -0.000770. The van der Waals surface area contributed by atoms with E-state index in [0.717, 1.165) is 0 Å². The van der Waals surface area contributed by atoms with Crippen LogP contribution in [0.4, 0.5) is 0 Å². The van der Waals surface area contributed by atoms with Gasteiger partial charge in [-0.25, -0.2) is 13.5 Å². The summed E-state index contributed by atoms with van der Waals surface area (Å²) in [7, 11) is -3.77. The molecular weight excluding hydrogens is 368 g/mol. The fourth-order valence-corrected chi connectivity index (χ4v) is 4.16. The Bertz CT molecular complexity index is 1060. The standard InChI is InChI=1S/C18H16N4O4S/c23-17-9-8-15(21-22-17)18(24)20-12-16(13-5-4-10-19-11-13)27(25,26)14-6-2-1-3-7-14/h1-11,16H,12H2,(H,20,24)(H,22,23). The lowest BCUT2D eigenvalue weighted by atomic mass is 10.2. The van der Waals surface area contributed by atoms with Gasteiger partial charge in [0.1, 0.15) is 10.9 Å². The van der Waals surface area contributed by atoms with Crippen molar-refractivity contribution >= 4 is 15.7 Å². The zero-order chi connectivity index (χ0) is 19.3. The molecule has 0 aliphatic heterocycles. The van der Waals surface area contributed by atoms with Crippen LogP contribution < -0.4 is 10.9 Å². The van der Waals surface area contributed by atoms with E-state index < -0.39 is 26.6 Å². The Morgan fingerprint density at radius 3 is 2.48 bits per heavy atom. The first kappa shape index (κ1) is 18.5. The molecule has 27 heavy (non-hydrogen) atoms. The number of aromatic nitrogens is 3. The first-order valence-corrected chi connectivity index (χ1v) is 9.56. The van der Waals surface area contributed by atoms with Gasteiger partial charge in [-0.05, 0) is 29.8 Å². The Hall–Kier alpha value is -3.33. The second-order valence-corrected chi connectivity index (χ2v) is 7.78. The summed E-state index contributed by atoms with van der Waals surface area (Å²) in [6.45, 7) is -0.178. The highest BCUT2D eigenvalue weighted by atomic mass is 32.2. The number of amides is 1. The van der Waals surface area contributed by atoms with Gasteiger partial charge in [-0.2, -0.15) is 5.10 Å². The Kier molecular flexibility index (Phi) is 5.41. The van der Waals surface area contributed by atoms with E-state index in [9.17, 15) is 18.0 Å². The lowest BCUT2D eigenvalue weighted by Gasteiger charge is -2.18. The van der Waals surface area contributed by atoms with Crippen molar-refractivity contribution < 1.29 is 13.2 Å². The fourth-order valence-electron chi connectivity index (χ4n) is 2.49. The quantitative estimate of drug-likeness (QED) is 0.656. The van der Waals surface area contributed by atoms with Crippen molar-refractivity contribution in [2.75, 3.05) is 6.54 Å². The van der Waals surface area contributed by atoms with E-state index in [4.69, 9.17) is 0 Å². The van der Waals surface area contributed by atoms with Crippen LogP contribution in [0.15, 0.2) is 76.7 Å². The molecule has 1 atom stereocenters. The molecule has 8 nitrogen and oxygen atoms in total. The van der Waals surface area contributed by atoms with Crippen LogP contribution >= 0.6 is 0 Å². The maximum Gasteiger partial charge on any atom is 0.271 e. The summed E-state index contributed by atoms with van der Waals surface area (Å²) in [5, 5.41) is 7.33. The molecule has 0 spiro atoms. The van der Waals surface area contributed by atoms with Crippen molar-refractivity contribution in [3.63, 3.8) is 0 Å². The van der Waals surface area contributed by atoms with E-state index in [-0.39, 0.29) is 17.1 Å². The van der Waals surface area contributed by atoms with Crippen molar-refractivity contribution in [3.8, 4) is 0 Å². The molecule has 0 aliphatic carbocycles. The summed E-state index contributed by atoms with van der Waals surface area (Å²) in [4.78, 5) is 27.4. The Morgan fingerprint density at radius 2 is 1.85 bits per heavy atom. The Labute approximate surface area is 155 Å². The van der Waals surface area contributed by atoms with Gasteiger partial charge >= 0.3 is 0 Å². The predicted octanol–water partition coefficient (Wildman–Crippen LogP) is 1.11. The molecule has 0 radical (unpaired) electrons. The summed E-state index contributed by atoms with van der Waals surface area (Å²) >= 11 is 0. The minimum atomic E-state index is -3.77. The number of hydrogen-bond acceptors (Lipinski definition) is 6. The van der Waals surface area contributed by atoms with Crippen LogP contribution in [0.1, 0.15) is 21.3 Å². The van der Waals surface area contributed by atoms with E-state index in [2.05, 4.69) is 20.5 Å².